The minimum absolute atomic E-state index is 0.103. The molecule has 0 aromatic heterocycles. The Labute approximate surface area is 191 Å². The SMILES string of the molecule is COC(=O)[C@H](C)NC(=O)c1ccc(C#Cc2ccc3c(c2)C=C([N+](=O)[O-])C(C(F)(F)F)O3)cc1. The zero-order chi connectivity index (χ0) is 25.0. The highest BCUT2D eigenvalue weighted by Gasteiger charge is 2.51. The number of nitro groups is 1. The zero-order valence-corrected chi connectivity index (χ0v) is 17.8. The zero-order valence-electron chi connectivity index (χ0n) is 17.8. The van der Waals surface area contributed by atoms with E-state index in [1.54, 1.807) is 12.1 Å². The molecule has 1 aliphatic rings. The molecule has 2 aromatic carbocycles. The number of alkyl halides is 3. The van der Waals surface area contributed by atoms with Crippen molar-refractivity contribution in [3.8, 4) is 17.6 Å². The lowest BCUT2D eigenvalue weighted by Crippen LogP contribution is -2.40. The topological polar surface area (TPSA) is 108 Å². The quantitative estimate of drug-likeness (QED) is 0.315. The van der Waals surface area contributed by atoms with Gasteiger partial charge in [0.05, 0.1) is 12.0 Å². The number of halogens is 3. The molecule has 0 aliphatic carbocycles. The molecule has 1 N–H and O–H groups in total. The van der Waals surface area contributed by atoms with Gasteiger partial charge in [0.15, 0.2) is 0 Å². The van der Waals surface area contributed by atoms with Gasteiger partial charge in [-0.15, -0.1) is 0 Å². The molecule has 0 spiro atoms. The number of benzene rings is 2. The molecule has 176 valence electrons. The van der Waals surface area contributed by atoms with Crippen LogP contribution in [0.3, 0.4) is 0 Å². The monoisotopic (exact) mass is 474 g/mol. The minimum Gasteiger partial charge on any atom is -0.469 e. The van der Waals surface area contributed by atoms with E-state index in [-0.39, 0.29) is 11.3 Å². The van der Waals surface area contributed by atoms with Crippen molar-refractivity contribution >= 4 is 18.0 Å². The molecule has 0 saturated carbocycles. The summed E-state index contributed by atoms with van der Waals surface area (Å²) in [6.07, 6.45) is -6.77. The van der Waals surface area contributed by atoms with Gasteiger partial charge in [0.1, 0.15) is 11.8 Å². The first kappa shape index (κ1) is 24.3. The van der Waals surface area contributed by atoms with Gasteiger partial charge in [0, 0.05) is 28.3 Å². The first-order valence-corrected chi connectivity index (χ1v) is 9.73. The molecule has 34 heavy (non-hydrogen) atoms. The molecule has 1 unspecified atom stereocenters. The molecule has 1 aliphatic heterocycles. The van der Waals surface area contributed by atoms with Crippen LogP contribution >= 0.6 is 0 Å². The first-order valence-electron chi connectivity index (χ1n) is 9.73. The van der Waals surface area contributed by atoms with Crippen molar-refractivity contribution in [2.24, 2.45) is 0 Å². The van der Waals surface area contributed by atoms with E-state index in [0.717, 1.165) is 6.08 Å². The Bertz CT molecular complexity index is 1230. The number of rotatable bonds is 4. The Hall–Kier alpha value is -4.33. The second-order valence-corrected chi connectivity index (χ2v) is 7.16. The van der Waals surface area contributed by atoms with Crippen molar-refractivity contribution in [1.82, 2.24) is 5.32 Å². The molecule has 0 bridgehead atoms. The Balaban J connectivity index is 1.77. The number of ether oxygens (including phenoxy) is 2. The summed E-state index contributed by atoms with van der Waals surface area (Å²) in [5.74, 6) is 4.45. The number of carbonyl (C=O) groups excluding carboxylic acids is 2. The molecule has 1 amide bonds. The smallest absolute Gasteiger partial charge is 0.436 e. The van der Waals surface area contributed by atoms with Crippen LogP contribution in [0.1, 0.15) is 34.0 Å². The third kappa shape index (κ3) is 5.53. The molecular weight excluding hydrogens is 457 g/mol. The molecule has 11 heteroatoms. The summed E-state index contributed by atoms with van der Waals surface area (Å²) in [5, 5.41) is 13.6. The Morgan fingerprint density at radius 1 is 1.15 bits per heavy atom. The minimum atomic E-state index is -4.94. The second-order valence-electron chi connectivity index (χ2n) is 7.16. The van der Waals surface area contributed by atoms with E-state index in [4.69, 9.17) is 4.74 Å². The van der Waals surface area contributed by atoms with Gasteiger partial charge in [-0.2, -0.15) is 13.2 Å². The maximum Gasteiger partial charge on any atom is 0.436 e. The predicted molar refractivity (Wildman–Crippen MR) is 113 cm³/mol. The fraction of sp³-hybridized carbons (Fsp3) is 0.217. The summed E-state index contributed by atoms with van der Waals surface area (Å²) in [4.78, 5) is 33.5. The van der Waals surface area contributed by atoms with E-state index in [9.17, 15) is 32.9 Å². The highest BCUT2D eigenvalue weighted by atomic mass is 19.4. The fourth-order valence-corrected chi connectivity index (χ4v) is 3.02. The highest BCUT2D eigenvalue weighted by Crippen LogP contribution is 2.37. The number of fused-ring (bicyclic) bond motifs is 1. The van der Waals surface area contributed by atoms with Gasteiger partial charge in [0.2, 0.25) is 0 Å². The Morgan fingerprint density at radius 3 is 2.35 bits per heavy atom. The Morgan fingerprint density at radius 2 is 1.76 bits per heavy atom. The fourth-order valence-electron chi connectivity index (χ4n) is 3.02. The van der Waals surface area contributed by atoms with Crippen LogP contribution in [0.25, 0.3) is 6.08 Å². The third-order valence-electron chi connectivity index (χ3n) is 4.74. The van der Waals surface area contributed by atoms with Gasteiger partial charge < -0.3 is 14.8 Å². The van der Waals surface area contributed by atoms with Crippen LogP contribution in [0.15, 0.2) is 48.2 Å². The number of carbonyl (C=O) groups is 2. The highest BCUT2D eigenvalue weighted by molar-refractivity contribution is 5.96. The van der Waals surface area contributed by atoms with Crippen molar-refractivity contribution in [1.29, 1.82) is 0 Å². The summed E-state index contributed by atoms with van der Waals surface area (Å²) < 4.78 is 48.6. The van der Waals surface area contributed by atoms with E-state index in [1.807, 2.05) is 0 Å². The van der Waals surface area contributed by atoms with Crippen molar-refractivity contribution in [2.75, 3.05) is 7.11 Å². The number of esters is 1. The first-order chi connectivity index (χ1) is 16.0. The molecule has 0 saturated heterocycles. The number of hydrogen-bond acceptors (Lipinski definition) is 6. The van der Waals surface area contributed by atoms with Crippen LogP contribution in [0, 0.1) is 22.0 Å². The summed E-state index contributed by atoms with van der Waals surface area (Å²) in [6.45, 7) is 1.49. The summed E-state index contributed by atoms with van der Waals surface area (Å²) in [5.41, 5.74) is 0.209. The van der Waals surface area contributed by atoms with E-state index < -0.39 is 40.8 Å². The maximum absolute atomic E-state index is 13.1. The molecule has 1 heterocycles. The average molecular weight is 474 g/mol. The largest absolute Gasteiger partial charge is 0.469 e. The molecule has 3 rings (SSSR count). The lowest BCUT2D eigenvalue weighted by molar-refractivity contribution is -0.443. The van der Waals surface area contributed by atoms with E-state index in [1.165, 1.54) is 44.4 Å². The average Bonchev–Trinajstić information content (AvgIpc) is 2.80. The number of hydrogen-bond donors (Lipinski definition) is 1. The molecule has 2 atom stereocenters. The van der Waals surface area contributed by atoms with E-state index in [2.05, 4.69) is 21.9 Å². The molecule has 2 aromatic rings. The van der Waals surface area contributed by atoms with Gasteiger partial charge in [-0.1, -0.05) is 11.8 Å². The molecule has 0 radical (unpaired) electrons. The summed E-state index contributed by atoms with van der Waals surface area (Å²) in [6, 6.07) is 9.42. The number of nitrogens with zero attached hydrogens (tertiary/aromatic N) is 1. The Kier molecular flexibility index (Phi) is 6.91. The van der Waals surface area contributed by atoms with Crippen molar-refractivity contribution in [3.63, 3.8) is 0 Å². The molecular formula is C23H17F3N2O6. The summed E-state index contributed by atoms with van der Waals surface area (Å²) in [7, 11) is 1.21. The lowest BCUT2D eigenvalue weighted by Gasteiger charge is -2.24. The van der Waals surface area contributed by atoms with Gasteiger partial charge in [-0.25, -0.2) is 4.79 Å². The predicted octanol–water partition coefficient (Wildman–Crippen LogP) is 3.32. The molecule has 0 fully saturated rings. The molecule has 8 nitrogen and oxygen atoms in total. The van der Waals surface area contributed by atoms with Crippen LogP contribution < -0.4 is 10.1 Å². The van der Waals surface area contributed by atoms with Crippen LogP contribution in [-0.4, -0.2) is 42.2 Å². The number of methoxy groups -OCH3 is 1. The number of amides is 1. The second kappa shape index (κ2) is 9.66. The van der Waals surface area contributed by atoms with Gasteiger partial charge in [-0.05, 0) is 49.4 Å². The van der Waals surface area contributed by atoms with Crippen molar-refractivity contribution < 1.29 is 37.2 Å². The standard InChI is InChI=1S/C23H17F3N2O6/c1-13(22(30)33-2)27-21(29)16-8-5-14(6-9-16)3-4-15-7-10-19-17(11-15)12-18(28(31)32)20(34-19)23(24,25)26/h5-13,20H,1-2H3,(H,27,29)/t13-,20?/m0/s1. The van der Waals surface area contributed by atoms with Crippen LogP contribution in [0.2, 0.25) is 0 Å². The normalized spacial score (nSPS) is 15.4. The van der Waals surface area contributed by atoms with Gasteiger partial charge in [-0.3, -0.25) is 14.9 Å². The van der Waals surface area contributed by atoms with Crippen LogP contribution in [-0.2, 0) is 9.53 Å². The van der Waals surface area contributed by atoms with Gasteiger partial charge >= 0.3 is 12.1 Å². The van der Waals surface area contributed by atoms with Crippen LogP contribution in [0.5, 0.6) is 5.75 Å². The van der Waals surface area contributed by atoms with E-state index in [0.29, 0.717) is 16.7 Å². The van der Waals surface area contributed by atoms with Crippen LogP contribution in [0.4, 0.5) is 13.2 Å². The third-order valence-corrected chi connectivity index (χ3v) is 4.74. The van der Waals surface area contributed by atoms with Gasteiger partial charge in [0.25, 0.3) is 17.7 Å². The van der Waals surface area contributed by atoms with E-state index >= 15 is 0 Å². The summed E-state index contributed by atoms with van der Waals surface area (Å²) >= 11 is 0. The number of nitrogens with one attached hydrogen (secondary N) is 1. The lowest BCUT2D eigenvalue weighted by atomic mass is 10.0. The van der Waals surface area contributed by atoms with Crippen molar-refractivity contribution in [3.05, 3.63) is 80.5 Å². The maximum atomic E-state index is 13.1. The van der Waals surface area contributed by atoms with Crippen molar-refractivity contribution in [2.45, 2.75) is 25.2 Å².